The van der Waals surface area contributed by atoms with E-state index in [0.717, 1.165) is 35.3 Å². The van der Waals surface area contributed by atoms with E-state index < -0.39 is 0 Å². The van der Waals surface area contributed by atoms with Crippen molar-refractivity contribution in [2.75, 3.05) is 18.4 Å². The number of carbonyl (C=O) groups is 1. The molecule has 130 valence electrons. The second-order valence-electron chi connectivity index (χ2n) is 6.08. The minimum Gasteiger partial charge on any atom is -0.441 e. The lowest BCUT2D eigenvalue weighted by Gasteiger charge is -2.06. The summed E-state index contributed by atoms with van der Waals surface area (Å²) < 4.78 is 5.73. The number of hydrogen-bond acceptors (Lipinski definition) is 4. The van der Waals surface area contributed by atoms with Crippen LogP contribution in [0.2, 0.25) is 0 Å². The number of anilines is 1. The molecule has 0 saturated heterocycles. The van der Waals surface area contributed by atoms with E-state index >= 15 is 0 Å². The van der Waals surface area contributed by atoms with Gasteiger partial charge in [0.05, 0.1) is 0 Å². The molecule has 0 atom stereocenters. The third kappa shape index (κ3) is 3.46. The Labute approximate surface area is 152 Å². The fraction of sp³-hybridized carbons (Fsp3) is 0.263. The van der Waals surface area contributed by atoms with Crippen molar-refractivity contribution in [1.82, 2.24) is 10.3 Å². The second-order valence-corrected chi connectivity index (χ2v) is 6.08. The van der Waals surface area contributed by atoms with Gasteiger partial charge in [-0.2, -0.15) is 0 Å². The summed E-state index contributed by atoms with van der Waals surface area (Å²) >= 11 is 0. The summed E-state index contributed by atoms with van der Waals surface area (Å²) in [5, 5.41) is 6.23. The van der Waals surface area contributed by atoms with Gasteiger partial charge in [-0.3, -0.25) is 4.79 Å². The number of amides is 1. The number of nitrogens with zero attached hydrogens (tertiary/aromatic N) is 1. The molecule has 0 saturated carbocycles. The average Bonchev–Trinajstić information content (AvgIpc) is 3.20. The van der Waals surface area contributed by atoms with E-state index in [2.05, 4.69) is 15.6 Å². The lowest BCUT2D eigenvalue weighted by Crippen LogP contribution is -2.25. The monoisotopic (exact) mass is 357 g/mol. The van der Waals surface area contributed by atoms with Gasteiger partial charge in [-0.15, -0.1) is 12.4 Å². The standard InChI is InChI=1S/C19H19N3O2.ClH/c1-12-3-2-4-16-18(12)22-17(24-16)8-10-21-19(23)14-5-6-15-13(11-14)7-9-20-15;/h2-6,11,20H,7-10H2,1H3,(H,21,23);1H. The van der Waals surface area contributed by atoms with Crippen molar-refractivity contribution < 1.29 is 9.21 Å². The second kappa shape index (κ2) is 7.15. The highest BCUT2D eigenvalue weighted by Crippen LogP contribution is 2.23. The van der Waals surface area contributed by atoms with Crippen molar-refractivity contribution in [1.29, 1.82) is 0 Å². The topological polar surface area (TPSA) is 67.2 Å². The van der Waals surface area contributed by atoms with Crippen molar-refractivity contribution >= 4 is 35.1 Å². The van der Waals surface area contributed by atoms with Crippen LogP contribution in [0.1, 0.15) is 27.4 Å². The van der Waals surface area contributed by atoms with E-state index in [0.29, 0.717) is 24.4 Å². The maximum absolute atomic E-state index is 12.3. The van der Waals surface area contributed by atoms with E-state index in [1.165, 1.54) is 5.56 Å². The van der Waals surface area contributed by atoms with Gasteiger partial charge in [-0.1, -0.05) is 12.1 Å². The zero-order chi connectivity index (χ0) is 16.5. The number of oxazole rings is 1. The van der Waals surface area contributed by atoms with Crippen LogP contribution in [0.4, 0.5) is 5.69 Å². The molecule has 6 heteroatoms. The van der Waals surface area contributed by atoms with Crippen molar-refractivity contribution in [2.24, 2.45) is 0 Å². The number of benzene rings is 2. The first-order chi connectivity index (χ1) is 11.7. The first-order valence-corrected chi connectivity index (χ1v) is 8.21. The maximum atomic E-state index is 12.3. The number of halogens is 1. The number of aryl methyl sites for hydroxylation is 1. The number of aromatic nitrogens is 1. The lowest BCUT2D eigenvalue weighted by molar-refractivity contribution is 0.0953. The number of fused-ring (bicyclic) bond motifs is 2. The molecule has 0 radical (unpaired) electrons. The SMILES string of the molecule is Cc1cccc2oc(CCNC(=O)c3ccc4c(c3)CCN4)nc12.Cl. The van der Waals surface area contributed by atoms with E-state index in [9.17, 15) is 4.79 Å². The van der Waals surface area contributed by atoms with Crippen molar-refractivity contribution in [3.05, 3.63) is 59.0 Å². The quantitative estimate of drug-likeness (QED) is 0.750. The molecule has 4 rings (SSSR count). The summed E-state index contributed by atoms with van der Waals surface area (Å²) in [5.41, 5.74) is 5.82. The summed E-state index contributed by atoms with van der Waals surface area (Å²) in [5.74, 6) is 0.592. The van der Waals surface area contributed by atoms with Crippen molar-refractivity contribution in [3.8, 4) is 0 Å². The molecule has 5 nitrogen and oxygen atoms in total. The van der Waals surface area contributed by atoms with E-state index in [-0.39, 0.29) is 18.3 Å². The van der Waals surface area contributed by atoms with Gasteiger partial charge in [-0.05, 0) is 48.7 Å². The average molecular weight is 358 g/mol. The van der Waals surface area contributed by atoms with Crippen LogP contribution in [0.3, 0.4) is 0 Å². The number of carbonyl (C=O) groups excluding carboxylic acids is 1. The summed E-state index contributed by atoms with van der Waals surface area (Å²) in [4.78, 5) is 16.8. The Morgan fingerprint density at radius 2 is 2.20 bits per heavy atom. The number of nitrogens with one attached hydrogen (secondary N) is 2. The first kappa shape index (κ1) is 17.3. The van der Waals surface area contributed by atoms with Gasteiger partial charge < -0.3 is 15.1 Å². The third-order valence-electron chi connectivity index (χ3n) is 4.37. The molecule has 0 fully saturated rings. The summed E-state index contributed by atoms with van der Waals surface area (Å²) in [6, 6.07) is 11.7. The zero-order valence-corrected chi connectivity index (χ0v) is 14.8. The molecule has 0 bridgehead atoms. The Bertz CT molecular complexity index is 920. The molecule has 1 aliphatic rings. The first-order valence-electron chi connectivity index (χ1n) is 8.21. The van der Waals surface area contributed by atoms with Gasteiger partial charge in [0.1, 0.15) is 5.52 Å². The van der Waals surface area contributed by atoms with Crippen LogP contribution < -0.4 is 10.6 Å². The van der Waals surface area contributed by atoms with Crippen LogP contribution in [0, 0.1) is 6.92 Å². The van der Waals surface area contributed by atoms with Crippen LogP contribution in [0.15, 0.2) is 40.8 Å². The maximum Gasteiger partial charge on any atom is 0.251 e. The van der Waals surface area contributed by atoms with Crippen LogP contribution in [-0.2, 0) is 12.8 Å². The Morgan fingerprint density at radius 3 is 3.04 bits per heavy atom. The van der Waals surface area contributed by atoms with Crippen LogP contribution >= 0.6 is 12.4 Å². The van der Waals surface area contributed by atoms with E-state index in [1.54, 1.807) is 0 Å². The molecule has 2 aromatic carbocycles. The zero-order valence-electron chi connectivity index (χ0n) is 14.0. The smallest absolute Gasteiger partial charge is 0.251 e. The molecule has 1 aliphatic heterocycles. The fourth-order valence-electron chi connectivity index (χ4n) is 3.07. The van der Waals surface area contributed by atoms with E-state index in [1.807, 2.05) is 43.3 Å². The predicted octanol–water partition coefficient (Wildman–Crippen LogP) is 3.50. The van der Waals surface area contributed by atoms with Crippen molar-refractivity contribution in [3.63, 3.8) is 0 Å². The largest absolute Gasteiger partial charge is 0.441 e. The minimum atomic E-state index is -0.0583. The molecule has 2 heterocycles. The lowest BCUT2D eigenvalue weighted by atomic mass is 10.1. The highest BCUT2D eigenvalue weighted by molar-refractivity contribution is 5.95. The number of hydrogen-bond donors (Lipinski definition) is 2. The Hall–Kier alpha value is -2.53. The summed E-state index contributed by atoms with van der Waals surface area (Å²) in [6.45, 7) is 3.46. The molecule has 3 aromatic rings. The van der Waals surface area contributed by atoms with Gasteiger partial charge in [0.25, 0.3) is 5.91 Å². The summed E-state index contributed by atoms with van der Waals surface area (Å²) in [7, 11) is 0. The molecular formula is C19H20ClN3O2. The van der Waals surface area contributed by atoms with Crippen LogP contribution in [-0.4, -0.2) is 24.0 Å². The normalized spacial score (nSPS) is 12.4. The molecule has 0 aliphatic carbocycles. The fourth-order valence-corrected chi connectivity index (χ4v) is 3.07. The van der Waals surface area contributed by atoms with Crippen molar-refractivity contribution in [2.45, 2.75) is 19.8 Å². The molecule has 1 amide bonds. The molecule has 2 N–H and O–H groups in total. The van der Waals surface area contributed by atoms with E-state index in [4.69, 9.17) is 4.42 Å². The van der Waals surface area contributed by atoms with Gasteiger partial charge in [0, 0.05) is 30.8 Å². The van der Waals surface area contributed by atoms with Gasteiger partial charge in [-0.25, -0.2) is 4.98 Å². The molecule has 0 unspecified atom stereocenters. The molecule has 1 aromatic heterocycles. The van der Waals surface area contributed by atoms with Gasteiger partial charge in [0.15, 0.2) is 11.5 Å². The Kier molecular flexibility index (Phi) is 4.95. The minimum absolute atomic E-state index is 0. The predicted molar refractivity (Wildman–Crippen MR) is 101 cm³/mol. The Morgan fingerprint density at radius 1 is 1.32 bits per heavy atom. The van der Waals surface area contributed by atoms with Crippen LogP contribution in [0.5, 0.6) is 0 Å². The third-order valence-corrected chi connectivity index (χ3v) is 4.37. The number of para-hydroxylation sites is 1. The highest BCUT2D eigenvalue weighted by atomic mass is 35.5. The molecule has 0 spiro atoms. The summed E-state index contributed by atoms with van der Waals surface area (Å²) in [6.07, 6.45) is 1.55. The molecular weight excluding hydrogens is 338 g/mol. The highest BCUT2D eigenvalue weighted by Gasteiger charge is 2.13. The van der Waals surface area contributed by atoms with Crippen LogP contribution in [0.25, 0.3) is 11.1 Å². The van der Waals surface area contributed by atoms with Gasteiger partial charge >= 0.3 is 0 Å². The Balaban J connectivity index is 0.00000182. The van der Waals surface area contributed by atoms with Gasteiger partial charge in [0.2, 0.25) is 0 Å². The molecule has 25 heavy (non-hydrogen) atoms. The number of rotatable bonds is 4.